The number of hydrogen-bond donors (Lipinski definition) is 14. The summed E-state index contributed by atoms with van der Waals surface area (Å²) < 4.78 is 38.5. The summed E-state index contributed by atoms with van der Waals surface area (Å²) in [7, 11) is 0. The van der Waals surface area contributed by atoms with Crippen LogP contribution in [0.25, 0.3) is 11.1 Å². The average molecular weight is 1390 g/mol. The van der Waals surface area contributed by atoms with Gasteiger partial charge in [-0.3, -0.25) is 33.6 Å². The summed E-state index contributed by atoms with van der Waals surface area (Å²) in [6, 6.07) is 11.9. The molecule has 0 spiro atoms. The molecule has 27 nitrogen and oxygen atoms in total. The number of nitrogens with one attached hydrogen (secondary N) is 3. The molecule has 520 valence electrons. The van der Waals surface area contributed by atoms with Crippen LogP contribution in [-0.2, 0) is 54.3 Å². The van der Waals surface area contributed by atoms with Crippen molar-refractivity contribution in [2.45, 2.75) is 165 Å². The van der Waals surface area contributed by atoms with E-state index in [9.17, 15) is 65.1 Å². The van der Waals surface area contributed by atoms with Crippen LogP contribution in [-0.4, -0.2) is 154 Å². The first-order valence-electron chi connectivity index (χ1n) is 31.5. The molecule has 17 unspecified atom stereocenters. The molecule has 0 radical (unpaired) electrons. The van der Waals surface area contributed by atoms with Crippen molar-refractivity contribution in [3.8, 4) is 57.1 Å². The number of fused-ring (bicyclic) bond motifs is 15. The van der Waals surface area contributed by atoms with Crippen LogP contribution in [0.2, 0.25) is 10.0 Å². The predicted octanol–water partition coefficient (Wildman–Crippen LogP) is 4.60. The molecular weight excluding hydrogens is 1310 g/mol. The largest absolute Gasteiger partial charge is 0.508 e. The van der Waals surface area contributed by atoms with Gasteiger partial charge in [0.1, 0.15) is 71.0 Å². The zero-order chi connectivity index (χ0) is 70.4. The van der Waals surface area contributed by atoms with Crippen molar-refractivity contribution in [3.05, 3.63) is 117 Å². The van der Waals surface area contributed by atoms with Crippen LogP contribution in [0.5, 0.6) is 46.0 Å². The number of halogens is 2. The van der Waals surface area contributed by atoms with Crippen molar-refractivity contribution in [3.63, 3.8) is 0 Å². The average Bonchev–Trinajstić information content (AvgIpc) is 0.778. The summed E-state index contributed by atoms with van der Waals surface area (Å²) in [5.74, 6) is -16.3. The molecule has 7 aliphatic heterocycles. The monoisotopic (exact) mass is 1390 g/mol. The number of Topliss-reactive ketones (excluding diaryl/α,β-unsaturated/α-hetero) is 3. The number of carbonyl (C=O) groups is 7. The van der Waals surface area contributed by atoms with Crippen molar-refractivity contribution >= 4 is 64.2 Å². The molecule has 5 aromatic carbocycles. The fraction of sp³-hybridized carbons (Fsp3) is 0.456. The number of aliphatic hydroxyl groups excluding tert-OH is 6. The van der Waals surface area contributed by atoms with Gasteiger partial charge < -0.3 is 102 Å². The summed E-state index contributed by atoms with van der Waals surface area (Å²) in [6.45, 7) is 7.04. The van der Waals surface area contributed by atoms with E-state index in [-0.39, 0.29) is 72.8 Å². The number of aliphatic hydroxyl groups is 6. The van der Waals surface area contributed by atoms with Gasteiger partial charge in [-0.15, -0.1) is 0 Å². The van der Waals surface area contributed by atoms with Crippen molar-refractivity contribution in [1.29, 1.82) is 0 Å². The van der Waals surface area contributed by atoms with Crippen LogP contribution < -0.4 is 41.6 Å². The van der Waals surface area contributed by atoms with Crippen molar-refractivity contribution in [2.75, 3.05) is 6.61 Å². The van der Waals surface area contributed by atoms with Gasteiger partial charge in [-0.2, -0.15) is 0 Å². The molecule has 4 amide bonds. The highest BCUT2D eigenvalue weighted by atomic mass is 35.5. The van der Waals surface area contributed by atoms with E-state index in [1.807, 2.05) is 13.8 Å². The number of rotatable bonds is 11. The molecule has 16 N–H and O–H groups in total. The molecule has 2 fully saturated rings. The lowest BCUT2D eigenvalue weighted by molar-refractivity contribution is -0.333. The summed E-state index contributed by atoms with van der Waals surface area (Å²) in [6.07, 6.45) is -19.9. The number of benzene rings is 5. The predicted molar refractivity (Wildman–Crippen MR) is 343 cm³/mol. The van der Waals surface area contributed by atoms with Crippen LogP contribution in [0.3, 0.4) is 0 Å². The third-order valence-corrected chi connectivity index (χ3v) is 18.8. The molecule has 0 aliphatic carbocycles. The summed E-state index contributed by atoms with van der Waals surface area (Å²) in [5, 5.41) is 110. The summed E-state index contributed by atoms with van der Waals surface area (Å²) in [4.78, 5) is 103. The standard InChI is InChI=1S/C68H77Cl2N5O22/c1-27(2)12-28(3)64(89)75-56-45(81)17-34(20-52(71)83)65(90)74-55-33-18-49(61(50(19-33)94-48-11-8-32(58(56)85)16-41(48)70)97-67-62(60(87)59(86)51(26-76)95-67)96-53-24-68(5,72)63(88)29(4)92-53)93-47-10-7-31(15-40(47)69)57(84)39-23-43(79)37(22-46(55)82)30-6-9-42(78)38(14-30)54-35(25-73-66(39)91)13-36(77)21-44(54)80/h6-11,13-16,18-19,21,27-29,34,37,39,51,53,55-60,62-63,67,76-78,80,84-88H,12,17,20,22-26,72H2,1-5H3,(H2,71,83)(H,73,91)(H,74,90)(H,75,89). The molecule has 11 bridgehead atoms. The van der Waals surface area contributed by atoms with Gasteiger partial charge in [0.05, 0.1) is 46.8 Å². The van der Waals surface area contributed by atoms with Crippen molar-refractivity contribution in [2.24, 2.45) is 35.1 Å². The Bertz CT molecular complexity index is 3890. The molecule has 0 saturated carbocycles. The Morgan fingerprint density at radius 3 is 1.99 bits per heavy atom. The topological polar surface area (TPSA) is 445 Å². The Labute approximate surface area is 565 Å². The maximum Gasteiger partial charge on any atom is 0.230 e. The van der Waals surface area contributed by atoms with Gasteiger partial charge in [0.2, 0.25) is 35.7 Å². The number of nitrogens with two attached hydrogens (primary N) is 2. The van der Waals surface area contributed by atoms with Gasteiger partial charge >= 0.3 is 0 Å². The fourth-order valence-corrected chi connectivity index (χ4v) is 13.5. The molecule has 2 saturated heterocycles. The maximum atomic E-state index is 16.1. The van der Waals surface area contributed by atoms with Crippen molar-refractivity contribution < 1.29 is 108 Å². The first-order valence-corrected chi connectivity index (χ1v) is 32.2. The molecule has 12 rings (SSSR count). The van der Waals surface area contributed by atoms with E-state index >= 15 is 14.4 Å². The number of ketones is 3. The Hall–Kier alpha value is -8.03. The van der Waals surface area contributed by atoms with E-state index in [1.54, 1.807) is 6.92 Å². The Morgan fingerprint density at radius 1 is 0.742 bits per heavy atom. The zero-order valence-electron chi connectivity index (χ0n) is 53.2. The molecule has 0 aromatic heterocycles. The number of ether oxygens (including phenoxy) is 6. The highest BCUT2D eigenvalue weighted by Crippen LogP contribution is 2.50. The first-order chi connectivity index (χ1) is 45.8. The molecule has 7 aliphatic rings. The number of primary amides is 1. The van der Waals surface area contributed by atoms with Crippen LogP contribution in [0.1, 0.15) is 125 Å². The lowest BCUT2D eigenvalue weighted by Gasteiger charge is -2.47. The second-order valence-electron chi connectivity index (χ2n) is 26.2. The van der Waals surface area contributed by atoms with E-state index in [4.69, 9.17) is 63.1 Å². The van der Waals surface area contributed by atoms with Crippen LogP contribution in [0.4, 0.5) is 0 Å². The van der Waals surface area contributed by atoms with Gasteiger partial charge in [-0.05, 0) is 109 Å². The minimum absolute atomic E-state index is 0.00442. The molecule has 97 heavy (non-hydrogen) atoms. The van der Waals surface area contributed by atoms with Crippen LogP contribution >= 0.6 is 23.2 Å². The first kappa shape index (κ1) is 71.7. The number of phenols is 3. The molecule has 7 heterocycles. The SMILES string of the molecule is CC(C)CC(C)C(=O)NC1C(=O)CC(CC(N)=O)C(=O)NC2C(=O)CC3C(=O)CC(C(=O)NCc4cc(O)cc(O)c4-c4cc3ccc4O)C(O)c3ccc(c(Cl)c3)Oc3cc2cc(c3OC2OC(CO)C(O)C(O)C2OC2CC(C)(N)C(O)C(C)O2)Oc2ccc(cc2Cl)C1O. The van der Waals surface area contributed by atoms with E-state index in [0.29, 0.717) is 6.42 Å². The van der Waals surface area contributed by atoms with E-state index in [2.05, 4.69) is 16.0 Å². The Balaban J connectivity index is 1.23. The van der Waals surface area contributed by atoms with Gasteiger partial charge in [0, 0.05) is 73.2 Å². The molecular formula is C68H77Cl2N5O22. The summed E-state index contributed by atoms with van der Waals surface area (Å²) in [5.41, 5.74) is 10.3. The highest BCUT2D eigenvalue weighted by molar-refractivity contribution is 6.32. The Kier molecular flexibility index (Phi) is 21.6. The number of phenolic OH excluding ortho intramolecular Hbond substituents is 3. The minimum atomic E-state index is -2.08. The number of hydrogen-bond acceptors (Lipinski definition) is 23. The van der Waals surface area contributed by atoms with E-state index in [0.717, 1.165) is 18.2 Å². The zero-order valence-corrected chi connectivity index (χ0v) is 54.7. The summed E-state index contributed by atoms with van der Waals surface area (Å²) >= 11 is 14.2. The fourth-order valence-electron chi connectivity index (χ4n) is 13.1. The van der Waals surface area contributed by atoms with Gasteiger partial charge in [-0.25, -0.2) is 0 Å². The smallest absolute Gasteiger partial charge is 0.230 e. The normalized spacial score (nSPS) is 29.7. The quantitative estimate of drug-likeness (QED) is 0.0859. The van der Waals surface area contributed by atoms with E-state index in [1.165, 1.54) is 74.5 Å². The van der Waals surface area contributed by atoms with E-state index < -0.39 is 217 Å². The van der Waals surface area contributed by atoms with Crippen molar-refractivity contribution in [1.82, 2.24) is 16.0 Å². The van der Waals surface area contributed by atoms with Gasteiger partial charge in [-0.1, -0.05) is 62.2 Å². The molecule has 5 aromatic rings. The molecule has 17 atom stereocenters. The van der Waals surface area contributed by atoms with Gasteiger partial charge in [0.25, 0.3) is 0 Å². The Morgan fingerprint density at radius 2 is 1.38 bits per heavy atom. The number of carbonyl (C=O) groups excluding carboxylic acids is 7. The number of amides is 4. The van der Waals surface area contributed by atoms with Gasteiger partial charge in [0.15, 0.2) is 35.5 Å². The minimum Gasteiger partial charge on any atom is -0.508 e. The second kappa shape index (κ2) is 29.2. The number of aromatic hydroxyl groups is 3. The second-order valence-corrected chi connectivity index (χ2v) is 27.0. The maximum absolute atomic E-state index is 16.1. The molecule has 29 heteroatoms. The lowest BCUT2D eigenvalue weighted by Crippen LogP contribution is -2.64. The third-order valence-electron chi connectivity index (χ3n) is 18.2. The lowest BCUT2D eigenvalue weighted by atomic mass is 9.80. The van der Waals surface area contributed by atoms with Crippen LogP contribution in [0, 0.1) is 23.7 Å². The highest BCUT2D eigenvalue weighted by Gasteiger charge is 2.51. The third kappa shape index (κ3) is 15.5. The van der Waals surface area contributed by atoms with Crippen LogP contribution in [0.15, 0.2) is 78.9 Å².